The minimum absolute atomic E-state index is 0.152. The predicted molar refractivity (Wildman–Crippen MR) is 84.8 cm³/mol. The van der Waals surface area contributed by atoms with Gasteiger partial charge >= 0.3 is 12.3 Å². The van der Waals surface area contributed by atoms with Crippen LogP contribution < -0.4 is 5.43 Å². The number of allylic oxidation sites excluding steroid dienone is 3. The van der Waals surface area contributed by atoms with Crippen LogP contribution in [0, 0.1) is 17.3 Å². The Kier molecular flexibility index (Phi) is 4.66. The summed E-state index contributed by atoms with van der Waals surface area (Å²) in [5.41, 5.74) is 1.63. The molecule has 25 heavy (non-hydrogen) atoms. The lowest BCUT2D eigenvalue weighted by molar-refractivity contribution is -0.192. The zero-order chi connectivity index (χ0) is 18.2. The Morgan fingerprint density at radius 3 is 2.56 bits per heavy atom. The van der Waals surface area contributed by atoms with Crippen molar-refractivity contribution >= 4 is 11.8 Å². The fourth-order valence-electron chi connectivity index (χ4n) is 3.97. The van der Waals surface area contributed by atoms with E-state index in [9.17, 15) is 23.1 Å². The van der Waals surface area contributed by atoms with E-state index in [0.717, 1.165) is 0 Å². The van der Waals surface area contributed by atoms with E-state index in [0.29, 0.717) is 31.3 Å². The number of hydrogen-bond acceptors (Lipinski definition) is 4. The Bertz CT molecular complexity index is 634. The molecule has 0 saturated heterocycles. The number of amides is 1. The molecule has 2 aliphatic carbocycles. The minimum Gasteiger partial charge on any atom is -0.442 e. The third-order valence-corrected chi connectivity index (χ3v) is 5.52. The largest absolute Gasteiger partial charge is 0.442 e. The van der Waals surface area contributed by atoms with Crippen LogP contribution in [-0.2, 0) is 4.74 Å². The molecule has 0 aromatic rings. The molecule has 2 atom stereocenters. The molecular formula is C17H21F3N2O3. The second-order valence-electron chi connectivity index (χ2n) is 7.09. The molecule has 1 aliphatic heterocycles. The van der Waals surface area contributed by atoms with Gasteiger partial charge in [-0.2, -0.15) is 18.3 Å². The van der Waals surface area contributed by atoms with E-state index in [1.54, 1.807) is 19.1 Å². The number of ether oxygens (including phenoxy) is 1. The zero-order valence-corrected chi connectivity index (χ0v) is 13.8. The van der Waals surface area contributed by atoms with Gasteiger partial charge in [-0.1, -0.05) is 25.2 Å². The van der Waals surface area contributed by atoms with E-state index in [1.807, 2.05) is 0 Å². The normalized spacial score (nSPS) is 36.2. The van der Waals surface area contributed by atoms with Gasteiger partial charge in [-0.15, -0.1) is 0 Å². The summed E-state index contributed by atoms with van der Waals surface area (Å²) in [6.07, 6.45) is 1.08. The third-order valence-electron chi connectivity index (χ3n) is 5.52. The van der Waals surface area contributed by atoms with Crippen LogP contribution in [0.2, 0.25) is 0 Å². The van der Waals surface area contributed by atoms with Gasteiger partial charge in [0.2, 0.25) is 0 Å². The molecule has 2 unspecified atom stereocenters. The number of nitrogens with zero attached hydrogens (tertiary/aromatic N) is 1. The maximum Gasteiger partial charge on any atom is 0.428 e. The Morgan fingerprint density at radius 2 is 2.00 bits per heavy atom. The number of carbonyl (C=O) groups is 1. The summed E-state index contributed by atoms with van der Waals surface area (Å²) in [5.74, 6) is -1.80. The van der Waals surface area contributed by atoms with Crippen LogP contribution in [0.25, 0.3) is 0 Å². The van der Waals surface area contributed by atoms with Crippen LogP contribution in [0.5, 0.6) is 0 Å². The first-order chi connectivity index (χ1) is 11.7. The molecule has 0 radical (unpaired) electrons. The summed E-state index contributed by atoms with van der Waals surface area (Å²) in [5, 5.41) is 13.4. The number of hydrogen-bond donors (Lipinski definition) is 2. The van der Waals surface area contributed by atoms with Crippen molar-refractivity contribution in [3.05, 3.63) is 23.8 Å². The Morgan fingerprint density at radius 1 is 1.32 bits per heavy atom. The quantitative estimate of drug-likeness (QED) is 0.796. The fraction of sp³-hybridized carbons (Fsp3) is 0.647. The number of hydrazone groups is 1. The Hall–Kier alpha value is -1.83. The molecule has 1 heterocycles. The highest BCUT2D eigenvalue weighted by atomic mass is 19.4. The Labute approximate surface area is 143 Å². The molecule has 2 N–H and O–H groups in total. The first-order valence-electron chi connectivity index (χ1n) is 8.35. The minimum atomic E-state index is -4.40. The lowest BCUT2D eigenvalue weighted by Gasteiger charge is -2.45. The molecule has 0 aromatic carbocycles. The lowest BCUT2D eigenvalue weighted by Crippen LogP contribution is -2.44. The van der Waals surface area contributed by atoms with Crippen molar-refractivity contribution in [1.29, 1.82) is 0 Å². The van der Waals surface area contributed by atoms with E-state index in [-0.39, 0.29) is 18.2 Å². The summed E-state index contributed by atoms with van der Waals surface area (Å²) in [6, 6.07) is 0. The van der Waals surface area contributed by atoms with Gasteiger partial charge in [0.15, 0.2) is 0 Å². The van der Waals surface area contributed by atoms with Crippen molar-refractivity contribution in [3.63, 3.8) is 0 Å². The molecule has 0 spiro atoms. The number of aliphatic hydroxyl groups excluding tert-OH is 1. The number of nitrogens with one attached hydrogen (secondary N) is 1. The van der Waals surface area contributed by atoms with Crippen molar-refractivity contribution in [2.24, 2.45) is 22.4 Å². The highest BCUT2D eigenvalue weighted by Gasteiger charge is 2.53. The van der Waals surface area contributed by atoms with Crippen molar-refractivity contribution in [2.45, 2.75) is 44.9 Å². The van der Waals surface area contributed by atoms with Crippen molar-refractivity contribution in [2.75, 3.05) is 6.61 Å². The highest BCUT2D eigenvalue weighted by molar-refractivity contribution is 6.05. The third kappa shape index (κ3) is 3.58. The first kappa shape index (κ1) is 18.0. The van der Waals surface area contributed by atoms with E-state index >= 15 is 0 Å². The number of carbonyl (C=O) groups excluding carboxylic acids is 1. The summed E-state index contributed by atoms with van der Waals surface area (Å²) in [7, 11) is 0. The zero-order valence-electron chi connectivity index (χ0n) is 13.8. The van der Waals surface area contributed by atoms with Gasteiger partial charge < -0.3 is 9.84 Å². The summed E-state index contributed by atoms with van der Waals surface area (Å²) in [4.78, 5) is 11.0. The van der Waals surface area contributed by atoms with Gasteiger partial charge in [-0.25, -0.2) is 10.2 Å². The number of rotatable bonds is 2. The molecule has 1 fully saturated rings. The van der Waals surface area contributed by atoms with E-state index in [2.05, 4.69) is 10.5 Å². The van der Waals surface area contributed by atoms with Crippen LogP contribution >= 0.6 is 0 Å². The van der Waals surface area contributed by atoms with Crippen molar-refractivity contribution in [1.82, 2.24) is 5.43 Å². The van der Waals surface area contributed by atoms with Crippen LogP contribution in [0.15, 0.2) is 28.9 Å². The SMILES string of the molecule is CC1(C2CCC(O)CC2)C=CC(C2=NNC(=O)OC2)=CC1C(F)(F)F. The maximum atomic E-state index is 13.8. The number of aliphatic hydroxyl groups is 1. The molecule has 3 aliphatic rings. The molecule has 1 amide bonds. The van der Waals surface area contributed by atoms with Crippen molar-refractivity contribution < 1.29 is 27.8 Å². The van der Waals surface area contributed by atoms with E-state index in [1.165, 1.54) is 6.08 Å². The predicted octanol–water partition coefficient (Wildman–Crippen LogP) is 3.31. The molecule has 1 saturated carbocycles. The molecule has 0 bridgehead atoms. The second kappa shape index (κ2) is 6.48. The van der Waals surface area contributed by atoms with Gasteiger partial charge in [0.1, 0.15) is 12.3 Å². The lowest BCUT2D eigenvalue weighted by atomic mass is 9.60. The van der Waals surface area contributed by atoms with E-state index < -0.39 is 29.7 Å². The molecule has 5 nitrogen and oxygen atoms in total. The van der Waals surface area contributed by atoms with Gasteiger partial charge in [-0.05, 0) is 37.2 Å². The van der Waals surface area contributed by atoms with Crippen LogP contribution in [0.3, 0.4) is 0 Å². The Balaban J connectivity index is 1.89. The van der Waals surface area contributed by atoms with Gasteiger partial charge in [0.05, 0.1) is 12.0 Å². The molecule has 138 valence electrons. The summed E-state index contributed by atoms with van der Waals surface area (Å²) in [6.45, 7) is 1.48. The van der Waals surface area contributed by atoms with Gasteiger partial charge in [0.25, 0.3) is 0 Å². The maximum absolute atomic E-state index is 13.8. The standard InChI is InChI=1S/C17H21F3N2O3/c1-16(11-2-4-12(23)5-3-11)7-6-10(8-14(16)17(18,19)20)13-9-25-15(24)22-21-13/h6-8,11-12,14,23H,2-5,9H2,1H3,(H,22,24). The van der Waals surface area contributed by atoms with Crippen LogP contribution in [-0.4, -0.2) is 35.8 Å². The van der Waals surface area contributed by atoms with Gasteiger partial charge in [0, 0.05) is 5.41 Å². The highest BCUT2D eigenvalue weighted by Crippen LogP contribution is 2.53. The summed E-state index contributed by atoms with van der Waals surface area (Å²) >= 11 is 0. The summed E-state index contributed by atoms with van der Waals surface area (Å²) < 4.78 is 46.2. The average molecular weight is 358 g/mol. The first-order valence-corrected chi connectivity index (χ1v) is 8.35. The number of halogens is 3. The van der Waals surface area contributed by atoms with Crippen LogP contribution in [0.4, 0.5) is 18.0 Å². The van der Waals surface area contributed by atoms with E-state index in [4.69, 9.17) is 4.74 Å². The molecule has 0 aromatic heterocycles. The monoisotopic (exact) mass is 358 g/mol. The van der Waals surface area contributed by atoms with Gasteiger partial charge in [-0.3, -0.25) is 0 Å². The topological polar surface area (TPSA) is 70.9 Å². The number of cyclic esters (lactones) is 1. The molecule has 3 rings (SSSR count). The fourth-order valence-corrected chi connectivity index (χ4v) is 3.97. The number of alkyl halides is 3. The van der Waals surface area contributed by atoms with Crippen molar-refractivity contribution in [3.8, 4) is 0 Å². The molecule has 8 heteroatoms. The van der Waals surface area contributed by atoms with Crippen LogP contribution in [0.1, 0.15) is 32.6 Å². The second-order valence-corrected chi connectivity index (χ2v) is 7.09. The smallest absolute Gasteiger partial charge is 0.428 e. The molecular weight excluding hydrogens is 337 g/mol. The average Bonchev–Trinajstić information content (AvgIpc) is 2.55.